The molecule has 0 unspecified atom stereocenters. The summed E-state index contributed by atoms with van der Waals surface area (Å²) < 4.78 is 2.43. The Labute approximate surface area is 125 Å². The topological polar surface area (TPSA) is 74.0 Å². The van der Waals surface area contributed by atoms with E-state index in [-0.39, 0.29) is 17.1 Å². The van der Waals surface area contributed by atoms with Gasteiger partial charge < -0.3 is 0 Å². The molecule has 2 aromatic rings. The monoisotopic (exact) mass is 307 g/mol. The highest BCUT2D eigenvalue weighted by Crippen LogP contribution is 2.28. The maximum atomic E-state index is 12.4. The van der Waals surface area contributed by atoms with Gasteiger partial charge in [0.2, 0.25) is 0 Å². The van der Waals surface area contributed by atoms with E-state index in [0.29, 0.717) is 17.5 Å². The van der Waals surface area contributed by atoms with Crippen LogP contribution < -0.4 is 11.2 Å². The molecule has 0 saturated heterocycles. The van der Waals surface area contributed by atoms with E-state index in [0.717, 1.165) is 15.0 Å². The van der Waals surface area contributed by atoms with Crippen LogP contribution in [0.4, 0.5) is 0 Å². The molecule has 0 fully saturated rings. The lowest BCUT2D eigenvalue weighted by Gasteiger charge is -2.13. The highest BCUT2D eigenvalue weighted by atomic mass is 32.2. The molecular weight excluding hydrogens is 290 g/mol. The predicted octanol–water partition coefficient (Wildman–Crippen LogP) is 0.876. The number of aryl methyl sites for hydroxylation is 2. The Kier molecular flexibility index (Phi) is 4.32. The van der Waals surface area contributed by atoms with Gasteiger partial charge in [-0.1, -0.05) is 6.92 Å². The second-order valence-electron chi connectivity index (χ2n) is 4.86. The summed E-state index contributed by atoms with van der Waals surface area (Å²) in [6.45, 7) is 3.48. The van der Waals surface area contributed by atoms with Crippen LogP contribution in [0, 0.1) is 0 Å². The summed E-state index contributed by atoms with van der Waals surface area (Å²) in [6, 6.07) is 0. The van der Waals surface area contributed by atoms with E-state index in [1.807, 2.05) is 6.92 Å². The molecule has 0 radical (unpaired) electrons. The molecule has 0 amide bonds. The average Bonchev–Trinajstić information content (AvgIpc) is 2.47. The third kappa shape index (κ3) is 2.65. The summed E-state index contributed by atoms with van der Waals surface area (Å²) in [5.74, 6) is 0.326. The van der Waals surface area contributed by atoms with Crippen molar-refractivity contribution >= 4 is 28.6 Å². The highest BCUT2D eigenvalue weighted by molar-refractivity contribution is 8.00. The van der Waals surface area contributed by atoms with Crippen LogP contribution in [0.25, 0.3) is 11.0 Å². The van der Waals surface area contributed by atoms with Crippen LogP contribution in [0.3, 0.4) is 0 Å². The van der Waals surface area contributed by atoms with Crippen LogP contribution in [0.2, 0.25) is 0 Å². The Morgan fingerprint density at radius 3 is 2.52 bits per heavy atom. The van der Waals surface area contributed by atoms with Crippen molar-refractivity contribution in [2.75, 3.05) is 5.75 Å². The van der Waals surface area contributed by atoms with Crippen molar-refractivity contribution in [3.05, 3.63) is 32.6 Å². The Balaban J connectivity index is 2.88. The summed E-state index contributed by atoms with van der Waals surface area (Å²) in [6.07, 6.45) is 2.37. The van der Waals surface area contributed by atoms with Gasteiger partial charge in [0.1, 0.15) is 11.4 Å². The van der Waals surface area contributed by atoms with Gasteiger partial charge in [0.25, 0.3) is 5.56 Å². The lowest BCUT2D eigenvalue weighted by atomic mass is 10.2. The number of Topliss-reactive ketones (excluding diaryl/α,β-unsaturated/α-hetero) is 1. The van der Waals surface area contributed by atoms with Gasteiger partial charge in [-0.3, -0.25) is 18.7 Å². The molecule has 0 N–H and O–H groups in total. The Hall–Kier alpha value is -1.89. The van der Waals surface area contributed by atoms with E-state index in [9.17, 15) is 14.4 Å². The normalized spacial score (nSPS) is 11.0. The van der Waals surface area contributed by atoms with Crippen molar-refractivity contribution in [1.29, 1.82) is 0 Å². The Morgan fingerprint density at radius 1 is 1.29 bits per heavy atom. The third-order valence-corrected chi connectivity index (χ3v) is 4.60. The number of carbonyl (C=O) groups is 1. The average molecular weight is 307 g/mol. The van der Waals surface area contributed by atoms with Crippen LogP contribution in [0.5, 0.6) is 0 Å². The van der Waals surface area contributed by atoms with Gasteiger partial charge >= 0.3 is 5.69 Å². The SMILES string of the molecule is CCc1cnc2c(c1SCC(C)=O)c(=O)n(C)c(=O)n2C. The van der Waals surface area contributed by atoms with Crippen molar-refractivity contribution in [3.8, 4) is 0 Å². The van der Waals surface area contributed by atoms with Gasteiger partial charge in [0.05, 0.1) is 11.1 Å². The number of rotatable bonds is 4. The molecule has 2 aromatic heterocycles. The first-order chi connectivity index (χ1) is 9.88. The summed E-state index contributed by atoms with van der Waals surface area (Å²) >= 11 is 1.33. The van der Waals surface area contributed by atoms with Crippen LogP contribution in [0.15, 0.2) is 20.7 Å². The number of hydrogen-bond donors (Lipinski definition) is 0. The van der Waals surface area contributed by atoms with Crippen LogP contribution in [-0.4, -0.2) is 25.7 Å². The largest absolute Gasteiger partial charge is 0.332 e. The molecule has 0 aromatic carbocycles. The van der Waals surface area contributed by atoms with Gasteiger partial charge in [-0.2, -0.15) is 0 Å². The summed E-state index contributed by atoms with van der Waals surface area (Å²) in [4.78, 5) is 40.7. The van der Waals surface area contributed by atoms with E-state index in [4.69, 9.17) is 0 Å². The highest BCUT2D eigenvalue weighted by Gasteiger charge is 2.17. The molecular formula is C14H17N3O3S. The second kappa shape index (κ2) is 5.85. The van der Waals surface area contributed by atoms with Gasteiger partial charge in [0.15, 0.2) is 0 Å². The lowest BCUT2D eigenvalue weighted by Crippen LogP contribution is -2.37. The Bertz CT molecular complexity index is 836. The van der Waals surface area contributed by atoms with E-state index < -0.39 is 5.69 Å². The fraction of sp³-hybridized carbons (Fsp3) is 0.429. The number of nitrogens with zero attached hydrogens (tertiary/aromatic N) is 3. The Morgan fingerprint density at radius 2 is 1.95 bits per heavy atom. The van der Waals surface area contributed by atoms with Crippen LogP contribution in [-0.2, 0) is 25.3 Å². The van der Waals surface area contributed by atoms with E-state index in [2.05, 4.69) is 4.98 Å². The smallest absolute Gasteiger partial charge is 0.299 e. The fourth-order valence-corrected chi connectivity index (χ4v) is 3.19. The molecule has 2 heterocycles. The first-order valence-corrected chi connectivity index (χ1v) is 7.56. The van der Waals surface area contributed by atoms with Gasteiger partial charge in [-0.15, -0.1) is 11.8 Å². The minimum atomic E-state index is -0.410. The van der Waals surface area contributed by atoms with Crippen molar-refractivity contribution in [1.82, 2.24) is 14.1 Å². The zero-order valence-electron chi connectivity index (χ0n) is 12.5. The summed E-state index contributed by atoms with van der Waals surface area (Å²) in [7, 11) is 3.03. The quantitative estimate of drug-likeness (QED) is 0.784. The molecule has 0 aliphatic carbocycles. The number of pyridine rings is 1. The summed E-state index contributed by atoms with van der Waals surface area (Å²) in [5, 5.41) is 0.408. The second-order valence-corrected chi connectivity index (χ2v) is 5.85. The predicted molar refractivity (Wildman–Crippen MR) is 83.0 cm³/mol. The maximum Gasteiger partial charge on any atom is 0.332 e. The lowest BCUT2D eigenvalue weighted by molar-refractivity contribution is -0.114. The van der Waals surface area contributed by atoms with Crippen molar-refractivity contribution < 1.29 is 4.79 Å². The van der Waals surface area contributed by atoms with Gasteiger partial charge in [-0.25, -0.2) is 9.78 Å². The van der Waals surface area contributed by atoms with Crippen molar-refractivity contribution in [2.45, 2.75) is 25.2 Å². The number of fused-ring (bicyclic) bond motifs is 1. The number of carbonyl (C=O) groups excluding carboxylic acids is 1. The number of thioether (sulfide) groups is 1. The molecule has 6 nitrogen and oxygen atoms in total. The van der Waals surface area contributed by atoms with Crippen molar-refractivity contribution in [3.63, 3.8) is 0 Å². The molecule has 21 heavy (non-hydrogen) atoms. The molecule has 7 heteroatoms. The molecule has 0 saturated carbocycles. The van der Waals surface area contributed by atoms with E-state index >= 15 is 0 Å². The minimum Gasteiger partial charge on any atom is -0.299 e. The molecule has 112 valence electrons. The molecule has 0 aliphatic rings. The molecule has 2 rings (SSSR count). The zero-order valence-corrected chi connectivity index (χ0v) is 13.3. The van der Waals surface area contributed by atoms with E-state index in [1.165, 1.54) is 30.3 Å². The molecule has 0 spiro atoms. The standard InChI is InChI=1S/C14H17N3O3S/c1-5-9-6-15-12-10(11(9)21-7-8(2)18)13(19)17(4)14(20)16(12)3/h6H,5,7H2,1-4H3. The van der Waals surface area contributed by atoms with Gasteiger partial charge in [-0.05, 0) is 18.9 Å². The number of aromatic nitrogens is 3. The first-order valence-electron chi connectivity index (χ1n) is 6.58. The van der Waals surface area contributed by atoms with Crippen molar-refractivity contribution in [2.24, 2.45) is 14.1 Å². The zero-order chi connectivity index (χ0) is 15.7. The number of ketones is 1. The maximum absolute atomic E-state index is 12.4. The first kappa shape index (κ1) is 15.5. The molecule has 0 atom stereocenters. The molecule has 0 aliphatic heterocycles. The minimum absolute atomic E-state index is 0.0358. The van der Waals surface area contributed by atoms with Gasteiger partial charge in [0, 0.05) is 25.2 Å². The van der Waals surface area contributed by atoms with Crippen LogP contribution >= 0.6 is 11.8 Å². The molecule has 0 bridgehead atoms. The number of hydrogen-bond acceptors (Lipinski definition) is 5. The van der Waals surface area contributed by atoms with E-state index in [1.54, 1.807) is 13.2 Å². The summed E-state index contributed by atoms with van der Waals surface area (Å²) in [5.41, 5.74) is 0.476. The van der Waals surface area contributed by atoms with Crippen LogP contribution in [0.1, 0.15) is 19.4 Å². The fourth-order valence-electron chi connectivity index (χ4n) is 2.13. The third-order valence-electron chi connectivity index (χ3n) is 3.30.